The third-order valence-electron chi connectivity index (χ3n) is 3.41. The molecule has 64 valence electrons. The van der Waals surface area contributed by atoms with Crippen LogP contribution < -0.4 is 0 Å². The lowest BCUT2D eigenvalue weighted by Crippen LogP contribution is -2.33. The molecule has 1 nitrogen and oxygen atoms in total. The molecule has 0 N–H and O–H groups in total. The molecule has 2 rings (SSSR count). The molecular weight excluding hydrogens is 134 g/mol. The number of nitrogens with zero attached hydrogens (tertiary/aromatic N) is 1. The lowest BCUT2D eigenvalue weighted by molar-refractivity contribution is 0.208. The predicted molar refractivity (Wildman–Crippen MR) is 47.7 cm³/mol. The van der Waals surface area contributed by atoms with Gasteiger partial charge >= 0.3 is 0 Å². The SMILES string of the molecule is C[C@H]1CCC2CCCCCN21. The van der Waals surface area contributed by atoms with Gasteiger partial charge in [0.2, 0.25) is 0 Å². The molecule has 0 aromatic heterocycles. The summed E-state index contributed by atoms with van der Waals surface area (Å²) in [5.41, 5.74) is 0. The average Bonchev–Trinajstić information content (AvgIpc) is 2.25. The second-order valence-corrected chi connectivity index (χ2v) is 4.17. The normalized spacial score (nSPS) is 40.1. The van der Waals surface area contributed by atoms with Crippen LogP contribution in [-0.4, -0.2) is 23.5 Å². The fourth-order valence-corrected chi connectivity index (χ4v) is 2.69. The summed E-state index contributed by atoms with van der Waals surface area (Å²) in [6.45, 7) is 3.77. The number of rotatable bonds is 0. The van der Waals surface area contributed by atoms with Gasteiger partial charge < -0.3 is 0 Å². The minimum atomic E-state index is 0.887. The fraction of sp³-hybridized carbons (Fsp3) is 1.00. The average molecular weight is 153 g/mol. The first-order valence-corrected chi connectivity index (χ1v) is 5.13. The first-order valence-electron chi connectivity index (χ1n) is 5.13. The van der Waals surface area contributed by atoms with Crippen molar-refractivity contribution >= 4 is 0 Å². The van der Waals surface area contributed by atoms with Crippen LogP contribution in [0.1, 0.15) is 45.4 Å². The third kappa shape index (κ3) is 1.44. The second kappa shape index (κ2) is 3.14. The van der Waals surface area contributed by atoms with Crippen molar-refractivity contribution in [2.24, 2.45) is 0 Å². The Morgan fingerprint density at radius 2 is 1.91 bits per heavy atom. The molecule has 2 heterocycles. The molecule has 0 saturated carbocycles. The van der Waals surface area contributed by atoms with Crippen LogP contribution in [0.2, 0.25) is 0 Å². The van der Waals surface area contributed by atoms with Crippen molar-refractivity contribution in [2.45, 2.75) is 57.5 Å². The Labute approximate surface area is 69.8 Å². The van der Waals surface area contributed by atoms with E-state index in [1.54, 1.807) is 0 Å². The van der Waals surface area contributed by atoms with Crippen LogP contribution in [0.5, 0.6) is 0 Å². The summed E-state index contributed by atoms with van der Waals surface area (Å²) < 4.78 is 0. The summed E-state index contributed by atoms with van der Waals surface area (Å²) >= 11 is 0. The van der Waals surface area contributed by atoms with Gasteiger partial charge in [-0.25, -0.2) is 0 Å². The Kier molecular flexibility index (Phi) is 2.17. The van der Waals surface area contributed by atoms with Crippen LogP contribution in [-0.2, 0) is 0 Å². The largest absolute Gasteiger partial charge is 0.298 e. The van der Waals surface area contributed by atoms with E-state index >= 15 is 0 Å². The van der Waals surface area contributed by atoms with Crippen LogP contribution >= 0.6 is 0 Å². The maximum Gasteiger partial charge on any atom is 0.00986 e. The predicted octanol–water partition coefficient (Wildman–Crippen LogP) is 2.41. The van der Waals surface area contributed by atoms with E-state index in [0.717, 1.165) is 12.1 Å². The zero-order valence-corrected chi connectivity index (χ0v) is 7.55. The fourth-order valence-electron chi connectivity index (χ4n) is 2.69. The molecule has 0 aromatic carbocycles. The smallest absolute Gasteiger partial charge is 0.00986 e. The number of hydrogen-bond donors (Lipinski definition) is 0. The lowest BCUT2D eigenvalue weighted by Gasteiger charge is -2.25. The van der Waals surface area contributed by atoms with Crippen molar-refractivity contribution < 1.29 is 0 Å². The number of fused-ring (bicyclic) bond motifs is 1. The Bertz CT molecular complexity index is 133. The maximum atomic E-state index is 2.74. The molecule has 2 aliphatic heterocycles. The standard InChI is InChI=1S/C10H19N/c1-9-6-7-10-5-3-2-4-8-11(9)10/h9-10H,2-8H2,1H3/t9-,10?/m0/s1. The van der Waals surface area contributed by atoms with Crippen LogP contribution in [0.15, 0.2) is 0 Å². The lowest BCUT2D eigenvalue weighted by atomic mass is 10.1. The number of hydrogen-bond acceptors (Lipinski definition) is 1. The molecule has 11 heavy (non-hydrogen) atoms. The van der Waals surface area contributed by atoms with Gasteiger partial charge in [0, 0.05) is 12.1 Å². The van der Waals surface area contributed by atoms with Crippen molar-refractivity contribution in [3.05, 3.63) is 0 Å². The summed E-state index contributed by atoms with van der Waals surface area (Å²) in [7, 11) is 0. The summed E-state index contributed by atoms with van der Waals surface area (Å²) in [5, 5.41) is 0. The van der Waals surface area contributed by atoms with Gasteiger partial charge in [0.25, 0.3) is 0 Å². The first kappa shape index (κ1) is 7.60. The van der Waals surface area contributed by atoms with E-state index in [9.17, 15) is 0 Å². The molecule has 2 aliphatic rings. The van der Waals surface area contributed by atoms with E-state index < -0.39 is 0 Å². The van der Waals surface area contributed by atoms with Crippen molar-refractivity contribution in [1.29, 1.82) is 0 Å². The van der Waals surface area contributed by atoms with Crippen LogP contribution in [0, 0.1) is 0 Å². The first-order chi connectivity index (χ1) is 5.38. The molecule has 0 radical (unpaired) electrons. The zero-order chi connectivity index (χ0) is 7.68. The third-order valence-corrected chi connectivity index (χ3v) is 3.41. The van der Waals surface area contributed by atoms with Crippen molar-refractivity contribution in [2.75, 3.05) is 6.54 Å². The molecule has 0 aromatic rings. The molecular formula is C10H19N. The quantitative estimate of drug-likeness (QED) is 0.516. The van der Waals surface area contributed by atoms with E-state index in [-0.39, 0.29) is 0 Å². The highest BCUT2D eigenvalue weighted by Crippen LogP contribution is 2.30. The van der Waals surface area contributed by atoms with Crippen LogP contribution in [0.3, 0.4) is 0 Å². The highest BCUT2D eigenvalue weighted by molar-refractivity contribution is 4.86. The Hall–Kier alpha value is -0.0400. The molecule has 0 bridgehead atoms. The zero-order valence-electron chi connectivity index (χ0n) is 7.55. The minimum Gasteiger partial charge on any atom is -0.298 e. The van der Waals surface area contributed by atoms with E-state index in [0.29, 0.717) is 0 Å². The summed E-state index contributed by atoms with van der Waals surface area (Å²) in [4.78, 5) is 2.74. The van der Waals surface area contributed by atoms with E-state index in [1.165, 1.54) is 45.1 Å². The molecule has 0 amide bonds. The van der Waals surface area contributed by atoms with Gasteiger partial charge in [0.05, 0.1) is 0 Å². The summed E-state index contributed by atoms with van der Waals surface area (Å²) in [5.74, 6) is 0. The van der Waals surface area contributed by atoms with E-state index in [4.69, 9.17) is 0 Å². The summed E-state index contributed by atoms with van der Waals surface area (Å²) in [6.07, 6.45) is 8.80. The molecule has 1 heteroatoms. The Morgan fingerprint density at radius 1 is 1.00 bits per heavy atom. The van der Waals surface area contributed by atoms with E-state index in [2.05, 4.69) is 11.8 Å². The van der Waals surface area contributed by atoms with Crippen LogP contribution in [0.4, 0.5) is 0 Å². The van der Waals surface area contributed by atoms with E-state index in [1.807, 2.05) is 0 Å². The van der Waals surface area contributed by atoms with Crippen molar-refractivity contribution in [1.82, 2.24) is 4.90 Å². The summed E-state index contributed by atoms with van der Waals surface area (Å²) in [6, 6.07) is 1.85. The molecule has 0 spiro atoms. The molecule has 2 fully saturated rings. The van der Waals surface area contributed by atoms with Gasteiger partial charge in [-0.3, -0.25) is 4.90 Å². The van der Waals surface area contributed by atoms with Gasteiger partial charge in [-0.2, -0.15) is 0 Å². The molecule has 0 aliphatic carbocycles. The van der Waals surface area contributed by atoms with Crippen molar-refractivity contribution in [3.63, 3.8) is 0 Å². The topological polar surface area (TPSA) is 3.24 Å². The van der Waals surface area contributed by atoms with Gasteiger partial charge in [-0.1, -0.05) is 12.8 Å². The van der Waals surface area contributed by atoms with Gasteiger partial charge in [0.15, 0.2) is 0 Å². The Balaban J connectivity index is 2.00. The highest BCUT2D eigenvalue weighted by atomic mass is 15.2. The van der Waals surface area contributed by atoms with Crippen LogP contribution in [0.25, 0.3) is 0 Å². The van der Waals surface area contributed by atoms with Gasteiger partial charge in [-0.05, 0) is 39.2 Å². The molecule has 2 saturated heterocycles. The van der Waals surface area contributed by atoms with Crippen molar-refractivity contribution in [3.8, 4) is 0 Å². The molecule has 1 unspecified atom stereocenters. The minimum absolute atomic E-state index is 0.887. The molecule has 2 atom stereocenters. The Morgan fingerprint density at radius 3 is 2.82 bits per heavy atom. The highest BCUT2D eigenvalue weighted by Gasteiger charge is 2.30. The van der Waals surface area contributed by atoms with Gasteiger partial charge in [0.1, 0.15) is 0 Å². The monoisotopic (exact) mass is 153 g/mol. The van der Waals surface area contributed by atoms with Gasteiger partial charge in [-0.15, -0.1) is 0 Å². The maximum absolute atomic E-state index is 2.74. The second-order valence-electron chi connectivity index (χ2n) is 4.17.